The molecule has 1 amide bonds. The minimum Gasteiger partial charge on any atom is -0.494 e. The fourth-order valence-corrected chi connectivity index (χ4v) is 5.17. The van der Waals surface area contributed by atoms with Crippen LogP contribution in [0.5, 0.6) is 5.75 Å². The van der Waals surface area contributed by atoms with Gasteiger partial charge in [-0.25, -0.2) is 8.42 Å². The predicted octanol–water partition coefficient (Wildman–Crippen LogP) is 5.07. The molecule has 0 bridgehead atoms. The summed E-state index contributed by atoms with van der Waals surface area (Å²) in [5, 5.41) is 3.40. The fraction of sp³-hybridized carbons (Fsp3) is 0.269. The van der Waals surface area contributed by atoms with Crippen LogP contribution in [0.3, 0.4) is 0 Å². The van der Waals surface area contributed by atoms with Crippen molar-refractivity contribution in [1.29, 1.82) is 0 Å². The summed E-state index contributed by atoms with van der Waals surface area (Å²) in [5.74, 6) is 0.205. The minimum absolute atomic E-state index is 0.0436. The summed E-state index contributed by atoms with van der Waals surface area (Å²) in [4.78, 5) is 13.1. The molecule has 1 N–H and O–H groups in total. The summed E-state index contributed by atoms with van der Waals surface area (Å²) < 4.78 is 33.6. The number of nitrogens with one attached hydrogen (secondary N) is 1. The molecule has 3 aromatic rings. The SMILES string of the molecule is CCOc1ccc(N(CC(=O)NC(C)(C)Cc2ccccc2)S(=O)(=O)c2ccc(Cl)cc2)cc1. The topological polar surface area (TPSA) is 75.7 Å². The second-order valence-corrected chi connectivity index (χ2v) is 10.8. The maximum atomic E-state index is 13.5. The molecule has 0 atom stereocenters. The Bertz CT molecular complexity index is 1200. The first-order chi connectivity index (χ1) is 16.1. The van der Waals surface area contributed by atoms with Crippen molar-refractivity contribution < 1.29 is 17.9 Å². The van der Waals surface area contributed by atoms with E-state index in [1.54, 1.807) is 24.3 Å². The first-order valence-corrected chi connectivity index (χ1v) is 12.8. The normalized spacial score (nSPS) is 11.6. The number of anilines is 1. The van der Waals surface area contributed by atoms with Crippen molar-refractivity contribution in [3.05, 3.63) is 89.4 Å². The van der Waals surface area contributed by atoms with E-state index >= 15 is 0 Å². The van der Waals surface area contributed by atoms with Crippen LogP contribution in [0.4, 0.5) is 5.69 Å². The second-order valence-electron chi connectivity index (χ2n) is 8.49. The van der Waals surface area contributed by atoms with Crippen LogP contribution in [0.25, 0.3) is 0 Å². The molecule has 0 saturated carbocycles. The molecular weight excluding hydrogens is 472 g/mol. The third-order valence-corrected chi connectivity index (χ3v) is 7.13. The van der Waals surface area contributed by atoms with Crippen LogP contribution in [0.2, 0.25) is 5.02 Å². The standard InChI is InChI=1S/C26H29ClN2O4S/c1-4-33-23-14-12-22(13-15-23)29(34(31,32)24-16-10-21(27)11-17-24)19-25(30)28-26(2,3)18-20-8-6-5-7-9-20/h5-17H,4,18-19H2,1-3H3,(H,28,30). The number of nitrogens with zero attached hydrogens (tertiary/aromatic N) is 1. The molecule has 0 saturated heterocycles. The summed E-state index contributed by atoms with van der Waals surface area (Å²) in [6, 6.07) is 22.3. The molecule has 0 spiro atoms. The Kier molecular flexibility index (Phi) is 8.23. The largest absolute Gasteiger partial charge is 0.494 e. The van der Waals surface area contributed by atoms with Gasteiger partial charge in [-0.15, -0.1) is 0 Å². The number of hydrogen-bond donors (Lipinski definition) is 1. The molecule has 180 valence electrons. The molecule has 0 aromatic heterocycles. The monoisotopic (exact) mass is 500 g/mol. The molecular formula is C26H29ClN2O4S. The predicted molar refractivity (Wildman–Crippen MR) is 136 cm³/mol. The van der Waals surface area contributed by atoms with Gasteiger partial charge in [-0.3, -0.25) is 9.10 Å². The molecule has 0 aliphatic rings. The first-order valence-electron chi connectivity index (χ1n) is 11.0. The Morgan fingerprint density at radius 1 is 0.971 bits per heavy atom. The fourth-order valence-electron chi connectivity index (χ4n) is 3.62. The lowest BCUT2D eigenvalue weighted by Crippen LogP contribution is -2.50. The van der Waals surface area contributed by atoms with Crippen LogP contribution in [0.15, 0.2) is 83.8 Å². The van der Waals surface area contributed by atoms with E-state index in [-0.39, 0.29) is 11.4 Å². The molecule has 0 fully saturated rings. The van der Waals surface area contributed by atoms with Crippen molar-refractivity contribution >= 4 is 33.2 Å². The minimum atomic E-state index is -4.03. The molecule has 0 heterocycles. The highest BCUT2D eigenvalue weighted by Gasteiger charge is 2.29. The van der Waals surface area contributed by atoms with Crippen molar-refractivity contribution in [2.45, 2.75) is 37.6 Å². The Hall–Kier alpha value is -3.03. The number of amides is 1. The summed E-state index contributed by atoms with van der Waals surface area (Å²) in [5.41, 5.74) is 0.854. The highest BCUT2D eigenvalue weighted by Crippen LogP contribution is 2.27. The van der Waals surface area contributed by atoms with Gasteiger partial charge in [-0.2, -0.15) is 0 Å². The highest BCUT2D eigenvalue weighted by atomic mass is 35.5. The van der Waals surface area contributed by atoms with Gasteiger partial charge in [-0.05, 0) is 81.3 Å². The van der Waals surface area contributed by atoms with Crippen molar-refractivity contribution in [2.75, 3.05) is 17.5 Å². The summed E-state index contributed by atoms with van der Waals surface area (Å²) in [7, 11) is -4.03. The maximum Gasteiger partial charge on any atom is 0.264 e. The van der Waals surface area contributed by atoms with E-state index in [4.69, 9.17) is 16.3 Å². The average molecular weight is 501 g/mol. The van der Waals surface area contributed by atoms with Crippen molar-refractivity contribution in [2.24, 2.45) is 0 Å². The van der Waals surface area contributed by atoms with Crippen LogP contribution in [0.1, 0.15) is 26.3 Å². The second kappa shape index (κ2) is 10.9. The zero-order valence-corrected chi connectivity index (χ0v) is 21.1. The van der Waals surface area contributed by atoms with Gasteiger partial charge in [0.05, 0.1) is 17.2 Å². The van der Waals surface area contributed by atoms with E-state index < -0.39 is 21.5 Å². The van der Waals surface area contributed by atoms with Crippen molar-refractivity contribution in [3.8, 4) is 5.75 Å². The number of benzene rings is 3. The van der Waals surface area contributed by atoms with Gasteiger partial charge in [0.25, 0.3) is 10.0 Å². The number of rotatable bonds is 10. The number of sulfonamides is 1. The zero-order valence-electron chi connectivity index (χ0n) is 19.5. The zero-order chi connectivity index (χ0) is 24.8. The van der Waals surface area contributed by atoms with Gasteiger partial charge in [0, 0.05) is 10.6 Å². The number of hydrogen-bond acceptors (Lipinski definition) is 4. The van der Waals surface area contributed by atoms with E-state index in [2.05, 4.69) is 5.32 Å². The molecule has 8 heteroatoms. The summed E-state index contributed by atoms with van der Waals surface area (Å²) in [6.45, 7) is 5.80. The van der Waals surface area contributed by atoms with E-state index in [9.17, 15) is 13.2 Å². The molecule has 3 rings (SSSR count). The van der Waals surface area contributed by atoms with Gasteiger partial charge >= 0.3 is 0 Å². The average Bonchev–Trinajstić information content (AvgIpc) is 2.78. The summed E-state index contributed by atoms with van der Waals surface area (Å²) >= 11 is 5.94. The first kappa shape index (κ1) is 25.6. The van der Waals surface area contributed by atoms with Gasteiger partial charge in [0.2, 0.25) is 5.91 Å². The third kappa shape index (κ3) is 6.74. The molecule has 3 aromatic carbocycles. The Morgan fingerprint density at radius 2 is 1.59 bits per heavy atom. The lowest BCUT2D eigenvalue weighted by molar-refractivity contribution is -0.121. The summed E-state index contributed by atoms with van der Waals surface area (Å²) in [6.07, 6.45) is 0.604. The number of carbonyl (C=O) groups excluding carboxylic acids is 1. The van der Waals surface area contributed by atoms with Crippen molar-refractivity contribution in [1.82, 2.24) is 5.32 Å². The lowest BCUT2D eigenvalue weighted by Gasteiger charge is -2.29. The highest BCUT2D eigenvalue weighted by molar-refractivity contribution is 7.92. The smallest absolute Gasteiger partial charge is 0.264 e. The molecule has 0 radical (unpaired) electrons. The molecule has 0 aliphatic carbocycles. The number of carbonyl (C=O) groups is 1. The van der Waals surface area contributed by atoms with Gasteiger partial charge < -0.3 is 10.1 Å². The quantitative estimate of drug-likeness (QED) is 0.421. The van der Waals surface area contributed by atoms with Crippen LogP contribution in [-0.4, -0.2) is 33.0 Å². The van der Waals surface area contributed by atoms with Crippen molar-refractivity contribution in [3.63, 3.8) is 0 Å². The van der Waals surface area contributed by atoms with Gasteiger partial charge in [0.15, 0.2) is 0 Å². The lowest BCUT2D eigenvalue weighted by atomic mass is 9.95. The molecule has 0 aliphatic heterocycles. The van der Waals surface area contributed by atoms with E-state index in [1.165, 1.54) is 24.3 Å². The molecule has 34 heavy (non-hydrogen) atoms. The van der Waals surface area contributed by atoms with Crippen LogP contribution < -0.4 is 14.4 Å². The van der Waals surface area contributed by atoms with Crippen LogP contribution in [0, 0.1) is 0 Å². The van der Waals surface area contributed by atoms with Gasteiger partial charge in [0.1, 0.15) is 12.3 Å². The number of halogens is 1. The van der Waals surface area contributed by atoms with Crippen LogP contribution >= 0.6 is 11.6 Å². The Morgan fingerprint density at radius 3 is 2.18 bits per heavy atom. The van der Waals surface area contributed by atoms with Gasteiger partial charge in [-0.1, -0.05) is 41.9 Å². The third-order valence-electron chi connectivity index (χ3n) is 5.09. The maximum absolute atomic E-state index is 13.5. The molecule has 6 nitrogen and oxygen atoms in total. The van der Waals surface area contributed by atoms with E-state index in [0.717, 1.165) is 9.87 Å². The van der Waals surface area contributed by atoms with E-state index in [1.807, 2.05) is 51.1 Å². The Labute approximate surface area is 206 Å². The van der Waals surface area contributed by atoms with Crippen LogP contribution in [-0.2, 0) is 21.2 Å². The molecule has 0 unspecified atom stereocenters. The van der Waals surface area contributed by atoms with E-state index in [0.29, 0.717) is 29.5 Å². The number of ether oxygens (including phenoxy) is 1. The Balaban J connectivity index is 1.87.